The number of amides is 1. The van der Waals surface area contributed by atoms with Crippen LogP contribution < -0.4 is 5.32 Å². The van der Waals surface area contributed by atoms with Gasteiger partial charge in [0.25, 0.3) is 5.91 Å². The Bertz CT molecular complexity index is 607. The minimum Gasteiger partial charge on any atom is -0.476 e. The second-order valence-electron chi connectivity index (χ2n) is 4.18. The van der Waals surface area contributed by atoms with Crippen LogP contribution in [0.15, 0.2) is 5.38 Å². The molecule has 7 nitrogen and oxygen atoms in total. The summed E-state index contributed by atoms with van der Waals surface area (Å²) in [5, 5.41) is 11.9. The van der Waals surface area contributed by atoms with E-state index in [9.17, 15) is 18.0 Å². The normalized spacial score (nSPS) is 21.2. The average Bonchev–Trinajstić information content (AvgIpc) is 2.92. The molecule has 104 valence electrons. The zero-order valence-electron chi connectivity index (χ0n) is 9.83. The Morgan fingerprint density at radius 2 is 2.26 bits per heavy atom. The molecule has 1 aromatic rings. The quantitative estimate of drug-likeness (QED) is 0.818. The zero-order chi connectivity index (χ0) is 14.0. The molecule has 2 N–H and O–H groups in total. The van der Waals surface area contributed by atoms with Gasteiger partial charge in [0.1, 0.15) is 0 Å². The first kappa shape index (κ1) is 13.9. The minimum atomic E-state index is -3.10. The maximum absolute atomic E-state index is 11.7. The fourth-order valence-electron chi connectivity index (χ4n) is 1.85. The van der Waals surface area contributed by atoms with Crippen LogP contribution in [0.2, 0.25) is 0 Å². The fourth-order valence-corrected chi connectivity index (χ4v) is 4.32. The van der Waals surface area contributed by atoms with E-state index in [0.717, 1.165) is 11.3 Å². The molecule has 2 rings (SSSR count). The predicted molar refractivity (Wildman–Crippen MR) is 68.2 cm³/mol. The van der Waals surface area contributed by atoms with Gasteiger partial charge in [0.05, 0.1) is 11.0 Å². The predicted octanol–water partition coefficient (Wildman–Crippen LogP) is 0.148. The van der Waals surface area contributed by atoms with Crippen molar-refractivity contribution in [2.45, 2.75) is 18.1 Å². The van der Waals surface area contributed by atoms with Crippen molar-refractivity contribution in [1.82, 2.24) is 10.3 Å². The van der Waals surface area contributed by atoms with E-state index < -0.39 is 27.0 Å². The Labute approximate surface area is 113 Å². The van der Waals surface area contributed by atoms with Gasteiger partial charge in [-0.15, -0.1) is 11.3 Å². The van der Waals surface area contributed by atoms with E-state index >= 15 is 0 Å². The van der Waals surface area contributed by atoms with Crippen molar-refractivity contribution in [1.29, 1.82) is 0 Å². The van der Waals surface area contributed by atoms with Crippen LogP contribution in [-0.2, 0) is 9.84 Å². The molecule has 0 saturated carbocycles. The van der Waals surface area contributed by atoms with Crippen LogP contribution in [-0.4, -0.2) is 47.9 Å². The second-order valence-corrected chi connectivity index (χ2v) is 7.44. The summed E-state index contributed by atoms with van der Waals surface area (Å²) in [5.74, 6) is -1.58. The molecule has 1 saturated heterocycles. The Kier molecular flexibility index (Phi) is 3.85. The van der Waals surface area contributed by atoms with Gasteiger partial charge in [-0.2, -0.15) is 0 Å². The van der Waals surface area contributed by atoms with Crippen molar-refractivity contribution in [3.63, 3.8) is 0 Å². The molecular weight excluding hydrogens is 292 g/mol. The highest BCUT2D eigenvalue weighted by Gasteiger charge is 2.31. The number of carbonyl (C=O) groups excluding carboxylic acids is 1. The van der Waals surface area contributed by atoms with E-state index in [1.807, 2.05) is 0 Å². The lowest BCUT2D eigenvalue weighted by Gasteiger charge is -2.09. The third-order valence-electron chi connectivity index (χ3n) is 2.87. The average molecular weight is 304 g/mol. The molecule has 1 fully saturated rings. The first-order valence-corrected chi connectivity index (χ1v) is 8.18. The maximum Gasteiger partial charge on any atom is 0.355 e. The van der Waals surface area contributed by atoms with Gasteiger partial charge in [0, 0.05) is 11.9 Å². The van der Waals surface area contributed by atoms with E-state index in [2.05, 4.69) is 10.3 Å². The number of carbonyl (C=O) groups is 2. The van der Waals surface area contributed by atoms with Gasteiger partial charge in [-0.25, -0.2) is 18.2 Å². The standard InChI is InChI=1S/C10H12N2O5S2/c13-8(9-12-7(5-18-9)10(14)15)11-4-6-2-1-3-19(6,16)17/h5-6H,1-4H2,(H,11,13)(H,14,15). The topological polar surface area (TPSA) is 113 Å². The van der Waals surface area contributed by atoms with Crippen LogP contribution >= 0.6 is 11.3 Å². The summed E-state index contributed by atoms with van der Waals surface area (Å²) >= 11 is 0.915. The molecule has 19 heavy (non-hydrogen) atoms. The fraction of sp³-hybridized carbons (Fsp3) is 0.500. The maximum atomic E-state index is 11.7. The monoisotopic (exact) mass is 304 g/mol. The smallest absolute Gasteiger partial charge is 0.355 e. The number of hydrogen-bond acceptors (Lipinski definition) is 6. The van der Waals surface area contributed by atoms with Crippen LogP contribution in [0.4, 0.5) is 0 Å². The molecule has 0 spiro atoms. The van der Waals surface area contributed by atoms with Crippen molar-refractivity contribution in [3.05, 3.63) is 16.1 Å². The number of sulfone groups is 1. The largest absolute Gasteiger partial charge is 0.476 e. The van der Waals surface area contributed by atoms with E-state index in [0.29, 0.717) is 12.8 Å². The van der Waals surface area contributed by atoms with Gasteiger partial charge in [-0.05, 0) is 12.8 Å². The van der Waals surface area contributed by atoms with Crippen molar-refractivity contribution in [2.24, 2.45) is 0 Å². The molecule has 1 unspecified atom stereocenters. The molecule has 1 atom stereocenters. The first-order valence-electron chi connectivity index (χ1n) is 5.59. The molecular formula is C10H12N2O5S2. The van der Waals surface area contributed by atoms with Crippen LogP contribution in [0.25, 0.3) is 0 Å². The number of carboxylic acid groups (broad SMARTS) is 1. The van der Waals surface area contributed by atoms with Crippen molar-refractivity contribution in [3.8, 4) is 0 Å². The van der Waals surface area contributed by atoms with Gasteiger partial charge in [0.2, 0.25) is 0 Å². The van der Waals surface area contributed by atoms with Crippen LogP contribution in [0.3, 0.4) is 0 Å². The molecule has 0 bridgehead atoms. The molecule has 0 radical (unpaired) electrons. The number of carboxylic acids is 1. The molecule has 1 aliphatic heterocycles. The number of thiazole rings is 1. The molecule has 0 aliphatic carbocycles. The van der Waals surface area contributed by atoms with Gasteiger partial charge < -0.3 is 10.4 Å². The Balaban J connectivity index is 1.96. The third kappa shape index (κ3) is 3.10. The van der Waals surface area contributed by atoms with Crippen molar-refractivity contribution in [2.75, 3.05) is 12.3 Å². The summed E-state index contributed by atoms with van der Waals surface area (Å²) in [4.78, 5) is 26.0. The molecule has 1 amide bonds. The van der Waals surface area contributed by atoms with Crippen LogP contribution in [0, 0.1) is 0 Å². The lowest BCUT2D eigenvalue weighted by molar-refractivity contribution is 0.0691. The van der Waals surface area contributed by atoms with E-state index in [1.54, 1.807) is 0 Å². The number of hydrogen-bond donors (Lipinski definition) is 2. The second kappa shape index (κ2) is 5.25. The number of rotatable bonds is 4. The van der Waals surface area contributed by atoms with Crippen LogP contribution in [0.1, 0.15) is 33.1 Å². The summed E-state index contributed by atoms with van der Waals surface area (Å²) in [6.45, 7) is 0.0448. The van der Waals surface area contributed by atoms with Gasteiger partial charge in [-0.1, -0.05) is 0 Å². The van der Waals surface area contributed by atoms with Gasteiger partial charge >= 0.3 is 5.97 Å². The van der Waals surface area contributed by atoms with Gasteiger partial charge in [-0.3, -0.25) is 4.79 Å². The summed E-state index contributed by atoms with van der Waals surface area (Å²) in [5.41, 5.74) is -0.191. The molecule has 9 heteroatoms. The van der Waals surface area contributed by atoms with E-state index in [1.165, 1.54) is 5.38 Å². The number of nitrogens with zero attached hydrogens (tertiary/aromatic N) is 1. The molecule has 1 aromatic heterocycles. The minimum absolute atomic E-state index is 0.0211. The highest BCUT2D eigenvalue weighted by Crippen LogP contribution is 2.19. The molecule has 0 aromatic carbocycles. The number of aromatic nitrogens is 1. The molecule has 2 heterocycles. The Morgan fingerprint density at radius 1 is 1.53 bits per heavy atom. The van der Waals surface area contributed by atoms with Gasteiger partial charge in [0.15, 0.2) is 20.5 Å². The van der Waals surface area contributed by atoms with Crippen molar-refractivity contribution < 1.29 is 23.1 Å². The lowest BCUT2D eigenvalue weighted by atomic mass is 10.2. The summed E-state index contributed by atoms with van der Waals surface area (Å²) in [7, 11) is -3.10. The SMILES string of the molecule is O=C(O)c1csc(C(=O)NCC2CCCS2(=O)=O)n1. The third-order valence-corrected chi connectivity index (χ3v) is 5.99. The number of aromatic carboxylic acids is 1. The first-order chi connectivity index (χ1) is 8.90. The van der Waals surface area contributed by atoms with Crippen LogP contribution in [0.5, 0.6) is 0 Å². The highest BCUT2D eigenvalue weighted by atomic mass is 32.2. The lowest BCUT2D eigenvalue weighted by Crippen LogP contribution is -2.34. The highest BCUT2D eigenvalue weighted by molar-refractivity contribution is 7.92. The van der Waals surface area contributed by atoms with E-state index in [4.69, 9.17) is 5.11 Å². The summed E-state index contributed by atoms with van der Waals surface area (Å²) in [6.07, 6.45) is 1.16. The van der Waals surface area contributed by atoms with Crippen molar-refractivity contribution >= 4 is 33.1 Å². The number of nitrogens with one attached hydrogen (secondary N) is 1. The summed E-state index contributed by atoms with van der Waals surface area (Å²) in [6, 6.07) is 0. The van der Waals surface area contributed by atoms with E-state index in [-0.39, 0.29) is 23.0 Å². The molecule has 1 aliphatic rings. The summed E-state index contributed by atoms with van der Waals surface area (Å²) < 4.78 is 23.1. The Hall–Kier alpha value is -1.48. The Morgan fingerprint density at radius 3 is 2.79 bits per heavy atom. The zero-order valence-corrected chi connectivity index (χ0v) is 11.5.